The molecule has 1 saturated carbocycles. The summed E-state index contributed by atoms with van der Waals surface area (Å²) in [5, 5.41) is 3.20. The summed E-state index contributed by atoms with van der Waals surface area (Å²) >= 11 is 0. The Kier molecular flexibility index (Phi) is 5.98. The second-order valence-corrected chi connectivity index (χ2v) is 8.58. The number of benzene rings is 2. The van der Waals surface area contributed by atoms with Crippen molar-refractivity contribution in [2.45, 2.75) is 44.9 Å². The number of aromatic nitrogens is 1. The number of amides is 1. The summed E-state index contributed by atoms with van der Waals surface area (Å²) in [5.74, 6) is 0.179. The molecule has 0 radical (unpaired) electrons. The summed E-state index contributed by atoms with van der Waals surface area (Å²) in [7, 11) is 0. The molecule has 154 valence electrons. The van der Waals surface area contributed by atoms with E-state index in [4.69, 9.17) is 0 Å². The van der Waals surface area contributed by atoms with Crippen molar-refractivity contribution < 1.29 is 4.79 Å². The Balaban J connectivity index is 1.41. The molecule has 2 aromatic carbocycles. The van der Waals surface area contributed by atoms with Gasteiger partial charge in [-0.05, 0) is 62.3 Å². The number of pyridine rings is 1. The second kappa shape index (κ2) is 8.83. The molecule has 1 amide bonds. The highest BCUT2D eigenvalue weighted by Crippen LogP contribution is 2.59. The van der Waals surface area contributed by atoms with Crippen LogP contribution in [0.3, 0.4) is 0 Å². The predicted molar refractivity (Wildman–Crippen MR) is 121 cm³/mol. The standard InChI is InChI=1S/C27H30N2O/c1-20-8-5-12-23(16-20)27(24-13-6-9-21(2)17-24)18-25(27)26(30)29-15-4-3-10-22-11-7-14-28-19-22/h5-9,11-14,16-17,19,25H,3-4,10,15,18H2,1-2H3,(H,29,30). The Morgan fingerprint density at radius 1 is 1.00 bits per heavy atom. The maximum Gasteiger partial charge on any atom is 0.224 e. The predicted octanol–water partition coefficient (Wildman–Crippen LogP) is 5.14. The molecule has 1 heterocycles. The zero-order chi connectivity index (χ0) is 21.0. The third-order valence-corrected chi connectivity index (χ3v) is 6.26. The van der Waals surface area contributed by atoms with Crippen LogP contribution in [0.25, 0.3) is 0 Å². The summed E-state index contributed by atoms with van der Waals surface area (Å²) in [6.07, 6.45) is 7.63. The molecule has 1 aliphatic carbocycles. The van der Waals surface area contributed by atoms with Gasteiger partial charge in [-0.2, -0.15) is 0 Å². The zero-order valence-electron chi connectivity index (χ0n) is 17.9. The molecule has 1 unspecified atom stereocenters. The van der Waals surface area contributed by atoms with Gasteiger partial charge in [-0.15, -0.1) is 0 Å². The van der Waals surface area contributed by atoms with E-state index < -0.39 is 0 Å². The lowest BCUT2D eigenvalue weighted by Crippen LogP contribution is -2.30. The third kappa shape index (κ3) is 4.30. The van der Waals surface area contributed by atoms with E-state index in [9.17, 15) is 4.79 Å². The average Bonchev–Trinajstić information content (AvgIpc) is 3.51. The molecule has 3 nitrogen and oxygen atoms in total. The molecule has 0 spiro atoms. The highest BCUT2D eigenvalue weighted by atomic mass is 16.2. The lowest BCUT2D eigenvalue weighted by atomic mass is 9.84. The third-order valence-electron chi connectivity index (χ3n) is 6.26. The van der Waals surface area contributed by atoms with Crippen LogP contribution in [0.1, 0.15) is 47.1 Å². The number of hydrogen-bond acceptors (Lipinski definition) is 2. The number of nitrogens with zero attached hydrogens (tertiary/aromatic N) is 1. The van der Waals surface area contributed by atoms with Gasteiger partial charge in [0.15, 0.2) is 0 Å². The summed E-state index contributed by atoms with van der Waals surface area (Å²) in [6.45, 7) is 4.97. The molecule has 3 heteroatoms. The van der Waals surface area contributed by atoms with Crippen molar-refractivity contribution in [3.8, 4) is 0 Å². The van der Waals surface area contributed by atoms with Gasteiger partial charge in [0, 0.05) is 24.4 Å². The summed E-state index contributed by atoms with van der Waals surface area (Å²) in [6, 6.07) is 21.4. The highest BCUT2D eigenvalue weighted by Gasteiger charge is 2.60. The summed E-state index contributed by atoms with van der Waals surface area (Å²) in [4.78, 5) is 17.2. The highest BCUT2D eigenvalue weighted by molar-refractivity contribution is 5.86. The minimum Gasteiger partial charge on any atom is -0.356 e. The molecular weight excluding hydrogens is 368 g/mol. The number of carbonyl (C=O) groups is 1. The number of rotatable bonds is 8. The Labute approximate surface area is 179 Å². The van der Waals surface area contributed by atoms with Gasteiger partial charge in [-0.25, -0.2) is 0 Å². The molecule has 1 aromatic heterocycles. The minimum absolute atomic E-state index is 0.000534. The van der Waals surface area contributed by atoms with Crippen molar-refractivity contribution in [3.63, 3.8) is 0 Å². The zero-order valence-corrected chi connectivity index (χ0v) is 17.9. The van der Waals surface area contributed by atoms with E-state index >= 15 is 0 Å². The molecule has 1 aliphatic rings. The molecule has 3 aromatic rings. The van der Waals surface area contributed by atoms with Crippen molar-refractivity contribution in [2.24, 2.45) is 5.92 Å². The Morgan fingerprint density at radius 3 is 2.30 bits per heavy atom. The largest absolute Gasteiger partial charge is 0.356 e. The molecule has 1 atom stereocenters. The van der Waals surface area contributed by atoms with Gasteiger partial charge in [-0.3, -0.25) is 9.78 Å². The number of aryl methyl sites for hydroxylation is 3. The molecule has 1 N–H and O–H groups in total. The van der Waals surface area contributed by atoms with Crippen molar-refractivity contribution in [2.75, 3.05) is 6.54 Å². The van der Waals surface area contributed by atoms with Gasteiger partial charge in [0.25, 0.3) is 0 Å². The fourth-order valence-electron chi connectivity index (χ4n) is 4.56. The summed E-state index contributed by atoms with van der Waals surface area (Å²) < 4.78 is 0. The van der Waals surface area contributed by atoms with E-state index in [1.54, 1.807) is 6.20 Å². The number of carbonyl (C=O) groups excluding carboxylic acids is 1. The van der Waals surface area contributed by atoms with E-state index in [0.29, 0.717) is 0 Å². The normalized spacial score (nSPS) is 16.8. The van der Waals surface area contributed by atoms with Crippen LogP contribution in [0.4, 0.5) is 0 Å². The molecular formula is C27H30N2O. The second-order valence-electron chi connectivity index (χ2n) is 8.58. The molecule has 0 saturated heterocycles. The van der Waals surface area contributed by atoms with Gasteiger partial charge in [-0.1, -0.05) is 65.7 Å². The fourth-order valence-corrected chi connectivity index (χ4v) is 4.56. The van der Waals surface area contributed by atoms with Crippen molar-refractivity contribution in [3.05, 3.63) is 101 Å². The van der Waals surface area contributed by atoms with E-state index in [0.717, 1.165) is 32.2 Å². The van der Waals surface area contributed by atoms with Crippen LogP contribution in [-0.2, 0) is 16.6 Å². The molecule has 0 aliphatic heterocycles. The van der Waals surface area contributed by atoms with Gasteiger partial charge >= 0.3 is 0 Å². The first kappa shape index (κ1) is 20.3. The van der Waals surface area contributed by atoms with Crippen LogP contribution >= 0.6 is 0 Å². The summed E-state index contributed by atoms with van der Waals surface area (Å²) in [5.41, 5.74) is 6.04. The number of hydrogen-bond donors (Lipinski definition) is 1. The van der Waals surface area contributed by atoms with E-state index in [1.807, 2.05) is 12.3 Å². The number of nitrogens with one attached hydrogen (secondary N) is 1. The van der Waals surface area contributed by atoms with E-state index in [1.165, 1.54) is 27.8 Å². The van der Waals surface area contributed by atoms with Crippen LogP contribution in [0, 0.1) is 19.8 Å². The molecule has 4 rings (SSSR count). The van der Waals surface area contributed by atoms with Gasteiger partial charge in [0.1, 0.15) is 0 Å². The lowest BCUT2D eigenvalue weighted by molar-refractivity contribution is -0.122. The molecule has 30 heavy (non-hydrogen) atoms. The topological polar surface area (TPSA) is 42.0 Å². The van der Waals surface area contributed by atoms with Crippen molar-refractivity contribution in [1.82, 2.24) is 10.3 Å². The fraction of sp³-hybridized carbons (Fsp3) is 0.333. The smallest absolute Gasteiger partial charge is 0.224 e. The molecule has 0 bridgehead atoms. The lowest BCUT2D eigenvalue weighted by Gasteiger charge is -2.20. The Morgan fingerprint density at radius 2 is 1.70 bits per heavy atom. The number of unbranched alkanes of at least 4 members (excludes halogenated alkanes) is 1. The van der Waals surface area contributed by atoms with Crippen LogP contribution in [0.5, 0.6) is 0 Å². The van der Waals surface area contributed by atoms with Gasteiger partial charge in [0.2, 0.25) is 5.91 Å². The van der Waals surface area contributed by atoms with Crippen LogP contribution in [0.15, 0.2) is 73.1 Å². The Bertz CT molecular complexity index is 967. The molecule has 1 fully saturated rings. The van der Waals surface area contributed by atoms with Crippen LogP contribution in [-0.4, -0.2) is 17.4 Å². The monoisotopic (exact) mass is 398 g/mol. The van der Waals surface area contributed by atoms with Crippen LogP contribution < -0.4 is 5.32 Å². The van der Waals surface area contributed by atoms with Crippen molar-refractivity contribution >= 4 is 5.91 Å². The SMILES string of the molecule is Cc1cccc(C2(c3cccc(C)c3)CC2C(=O)NCCCCc2cccnc2)c1. The maximum absolute atomic E-state index is 13.0. The van der Waals surface area contributed by atoms with E-state index in [-0.39, 0.29) is 17.2 Å². The quantitative estimate of drug-likeness (QED) is 0.534. The Hall–Kier alpha value is -2.94. The minimum atomic E-state index is -0.197. The van der Waals surface area contributed by atoms with Crippen molar-refractivity contribution in [1.29, 1.82) is 0 Å². The van der Waals surface area contributed by atoms with Crippen LogP contribution in [0.2, 0.25) is 0 Å². The first-order chi connectivity index (χ1) is 14.6. The first-order valence-corrected chi connectivity index (χ1v) is 10.9. The van der Waals surface area contributed by atoms with E-state index in [2.05, 4.69) is 78.7 Å². The average molecular weight is 399 g/mol. The van der Waals surface area contributed by atoms with Gasteiger partial charge < -0.3 is 5.32 Å². The first-order valence-electron chi connectivity index (χ1n) is 10.9. The maximum atomic E-state index is 13.0. The van der Waals surface area contributed by atoms with Gasteiger partial charge in [0.05, 0.1) is 5.92 Å².